The van der Waals surface area contributed by atoms with Gasteiger partial charge in [0.2, 0.25) is 5.43 Å². The maximum absolute atomic E-state index is 14.7. The third-order valence-electron chi connectivity index (χ3n) is 4.51. The number of pyridine rings is 1. The van der Waals surface area contributed by atoms with Crippen LogP contribution in [0.5, 0.6) is 0 Å². The summed E-state index contributed by atoms with van der Waals surface area (Å²) in [6.45, 7) is 1.15. The Labute approximate surface area is 167 Å². The van der Waals surface area contributed by atoms with E-state index in [4.69, 9.17) is 5.26 Å². The third-order valence-corrected chi connectivity index (χ3v) is 4.51. The number of carbonyl (C=O) groups is 1. The van der Waals surface area contributed by atoms with E-state index in [2.05, 4.69) is 0 Å². The van der Waals surface area contributed by atoms with E-state index in [1.165, 1.54) is 0 Å². The Morgan fingerprint density at radius 3 is 2.00 bits per heavy atom. The number of halogens is 7. The molecular weight excluding hydrogens is 437 g/mol. The lowest BCUT2D eigenvalue weighted by atomic mass is 10.0. The Balaban J connectivity index is 2.79. The number of rotatable bonds is 3. The van der Waals surface area contributed by atoms with Crippen molar-refractivity contribution in [2.24, 2.45) is 0 Å². The molecule has 0 aliphatic carbocycles. The fourth-order valence-electron chi connectivity index (χ4n) is 3.21. The summed E-state index contributed by atoms with van der Waals surface area (Å²) >= 11 is 0. The molecule has 1 aromatic heterocycles. The van der Waals surface area contributed by atoms with E-state index in [9.17, 15) is 45.4 Å². The smallest absolute Gasteiger partial charge is 0.341 e. The number of hydrogen-bond acceptors (Lipinski definition) is 3. The van der Waals surface area contributed by atoms with Crippen molar-refractivity contribution in [3.05, 3.63) is 73.8 Å². The van der Waals surface area contributed by atoms with E-state index in [1.54, 1.807) is 0 Å². The van der Waals surface area contributed by atoms with Gasteiger partial charge in [-0.1, -0.05) is 6.92 Å². The number of hydrogen-bond donors (Lipinski definition) is 1. The zero-order valence-corrected chi connectivity index (χ0v) is 15.1. The molecule has 31 heavy (non-hydrogen) atoms. The van der Waals surface area contributed by atoms with Crippen LogP contribution in [0.15, 0.2) is 10.9 Å². The topological polar surface area (TPSA) is 83.1 Å². The number of aromatic carboxylic acids is 1. The van der Waals surface area contributed by atoms with E-state index in [-0.39, 0.29) is 10.6 Å². The second kappa shape index (κ2) is 7.42. The Morgan fingerprint density at radius 1 is 1.00 bits per heavy atom. The lowest BCUT2D eigenvalue weighted by Crippen LogP contribution is -2.26. The van der Waals surface area contributed by atoms with Gasteiger partial charge in [0.15, 0.2) is 40.7 Å². The molecule has 1 N–H and O–H groups in total. The van der Waals surface area contributed by atoms with Crippen LogP contribution in [0.2, 0.25) is 0 Å². The molecule has 1 heterocycles. The first-order valence-corrected chi connectivity index (χ1v) is 8.24. The summed E-state index contributed by atoms with van der Waals surface area (Å²) in [7, 11) is 0. The zero-order valence-electron chi connectivity index (χ0n) is 15.1. The van der Waals surface area contributed by atoms with Crippen molar-refractivity contribution >= 4 is 16.9 Å². The van der Waals surface area contributed by atoms with Gasteiger partial charge in [-0.2, -0.15) is 5.26 Å². The number of nitrogens with zero attached hydrogens (tertiary/aromatic N) is 2. The fourth-order valence-corrected chi connectivity index (χ4v) is 3.21. The molecule has 0 radical (unpaired) electrons. The van der Waals surface area contributed by atoms with Crippen molar-refractivity contribution in [3.63, 3.8) is 0 Å². The largest absolute Gasteiger partial charge is 0.477 e. The summed E-state index contributed by atoms with van der Waals surface area (Å²) < 4.78 is 100.0. The Bertz CT molecular complexity index is 1380. The average molecular weight is 444 g/mol. The number of carboxylic acid groups (broad SMARTS) is 1. The summed E-state index contributed by atoms with van der Waals surface area (Å²) in [5.41, 5.74) is -8.39. The summed E-state index contributed by atoms with van der Waals surface area (Å²) in [5, 5.41) is 16.9. The second-order valence-electron chi connectivity index (χ2n) is 6.12. The molecule has 0 amide bonds. The van der Waals surface area contributed by atoms with Gasteiger partial charge in [-0.25, -0.2) is 35.5 Å². The first-order valence-electron chi connectivity index (χ1n) is 8.24. The molecule has 0 bridgehead atoms. The molecule has 5 nitrogen and oxygen atoms in total. The molecular formula is C19H7F7N2O3. The predicted octanol–water partition coefficient (Wildman–Crippen LogP) is 4.10. The number of carboxylic acids is 1. The SMILES string of the molecule is CCc1c(C(=O)O)c(=O)c2cc(F)c(F)c(F)c2n1-c1c(F)c(F)c(C#N)c(F)c1F. The quantitative estimate of drug-likeness (QED) is 0.375. The summed E-state index contributed by atoms with van der Waals surface area (Å²) in [5.74, 6) is -17.2. The van der Waals surface area contributed by atoms with Crippen molar-refractivity contribution in [1.82, 2.24) is 4.57 Å². The third kappa shape index (κ3) is 2.92. The van der Waals surface area contributed by atoms with Crippen LogP contribution in [-0.4, -0.2) is 15.6 Å². The molecule has 0 spiro atoms. The normalized spacial score (nSPS) is 11.1. The van der Waals surface area contributed by atoms with Crippen LogP contribution in [0.3, 0.4) is 0 Å². The number of benzene rings is 2. The van der Waals surface area contributed by atoms with Crippen molar-refractivity contribution in [2.75, 3.05) is 0 Å². The fraction of sp³-hybridized carbons (Fsp3) is 0.105. The van der Waals surface area contributed by atoms with Gasteiger partial charge in [0.05, 0.1) is 10.9 Å². The molecule has 12 heteroatoms. The van der Waals surface area contributed by atoms with E-state index in [1.807, 2.05) is 0 Å². The van der Waals surface area contributed by atoms with Crippen LogP contribution in [-0.2, 0) is 6.42 Å². The average Bonchev–Trinajstić information content (AvgIpc) is 2.72. The van der Waals surface area contributed by atoms with Crippen LogP contribution in [0.1, 0.15) is 28.5 Å². The minimum Gasteiger partial charge on any atom is -0.477 e. The molecule has 160 valence electrons. The van der Waals surface area contributed by atoms with Crippen LogP contribution in [0.4, 0.5) is 30.7 Å². The minimum absolute atomic E-state index is 0.0456. The Kier molecular flexibility index (Phi) is 5.23. The molecule has 0 atom stereocenters. The monoisotopic (exact) mass is 444 g/mol. The van der Waals surface area contributed by atoms with Crippen LogP contribution >= 0.6 is 0 Å². The zero-order chi connectivity index (χ0) is 23.4. The molecule has 0 aliphatic rings. The molecule has 0 saturated heterocycles. The van der Waals surface area contributed by atoms with Gasteiger partial charge in [0.25, 0.3) is 0 Å². The van der Waals surface area contributed by atoms with Gasteiger partial charge >= 0.3 is 5.97 Å². The first kappa shape index (κ1) is 21.8. The number of fused-ring (bicyclic) bond motifs is 1. The highest BCUT2D eigenvalue weighted by Crippen LogP contribution is 2.33. The van der Waals surface area contributed by atoms with Gasteiger partial charge in [0, 0.05) is 5.69 Å². The van der Waals surface area contributed by atoms with E-state index in [0.29, 0.717) is 0 Å². The Morgan fingerprint density at radius 2 is 1.55 bits per heavy atom. The molecule has 3 rings (SSSR count). The maximum Gasteiger partial charge on any atom is 0.341 e. The van der Waals surface area contributed by atoms with Gasteiger partial charge in [-0.15, -0.1) is 0 Å². The lowest BCUT2D eigenvalue weighted by molar-refractivity contribution is 0.0693. The van der Waals surface area contributed by atoms with Crippen LogP contribution < -0.4 is 5.43 Å². The first-order chi connectivity index (χ1) is 14.5. The second-order valence-corrected chi connectivity index (χ2v) is 6.12. The van der Waals surface area contributed by atoms with Crippen molar-refractivity contribution in [2.45, 2.75) is 13.3 Å². The molecule has 3 aromatic rings. The van der Waals surface area contributed by atoms with E-state index >= 15 is 0 Å². The molecule has 0 unspecified atom stereocenters. The van der Waals surface area contributed by atoms with Crippen molar-refractivity contribution in [3.8, 4) is 11.8 Å². The highest BCUT2D eigenvalue weighted by molar-refractivity contribution is 5.95. The highest BCUT2D eigenvalue weighted by Gasteiger charge is 2.32. The number of aromatic nitrogens is 1. The maximum atomic E-state index is 14.7. The van der Waals surface area contributed by atoms with Gasteiger partial charge < -0.3 is 9.67 Å². The van der Waals surface area contributed by atoms with Crippen molar-refractivity contribution in [1.29, 1.82) is 5.26 Å². The molecule has 0 aliphatic heterocycles. The summed E-state index contributed by atoms with van der Waals surface area (Å²) in [4.78, 5) is 24.1. The van der Waals surface area contributed by atoms with Gasteiger partial charge in [0.1, 0.15) is 22.9 Å². The van der Waals surface area contributed by atoms with Crippen LogP contribution in [0, 0.1) is 52.1 Å². The Hall–Kier alpha value is -3.88. The van der Waals surface area contributed by atoms with Gasteiger partial charge in [-0.05, 0) is 12.5 Å². The van der Waals surface area contributed by atoms with Gasteiger partial charge in [-0.3, -0.25) is 4.79 Å². The van der Waals surface area contributed by atoms with Crippen molar-refractivity contribution < 1.29 is 40.6 Å². The highest BCUT2D eigenvalue weighted by atomic mass is 19.2. The molecule has 0 saturated carbocycles. The number of nitriles is 1. The summed E-state index contributed by atoms with van der Waals surface area (Å²) in [6.07, 6.45) is -0.576. The summed E-state index contributed by atoms with van der Waals surface area (Å²) in [6, 6.07) is 0.977. The standard InChI is InChI=1S/C19H7F7N2O3/c1-2-8-9(19(30)31)18(29)5-3-7(20)12(23)15(26)16(5)28(8)17-13(24)10(21)6(4-27)11(22)14(17)25/h3H,2H2,1H3,(H,30,31). The lowest BCUT2D eigenvalue weighted by Gasteiger charge is -2.21. The van der Waals surface area contributed by atoms with E-state index < -0.39 is 92.0 Å². The predicted molar refractivity (Wildman–Crippen MR) is 90.3 cm³/mol. The molecule has 2 aromatic carbocycles. The molecule has 0 fully saturated rings. The van der Waals surface area contributed by atoms with Crippen LogP contribution in [0.25, 0.3) is 16.6 Å². The van der Waals surface area contributed by atoms with E-state index in [0.717, 1.165) is 13.0 Å². The minimum atomic E-state index is -2.25.